The second-order valence-corrected chi connectivity index (χ2v) is 2.42. The molecule has 1 aliphatic rings. The van der Waals surface area contributed by atoms with E-state index in [1.165, 1.54) is 0 Å². The van der Waals surface area contributed by atoms with Crippen molar-refractivity contribution in [2.75, 3.05) is 26.2 Å². The van der Waals surface area contributed by atoms with E-state index < -0.39 is 0 Å². The molecular formula is C4H10ClN3. The Bertz CT molecular complexity index is 59.7. The maximum atomic E-state index is 5.63. The highest BCUT2D eigenvalue weighted by Gasteiger charge is 2.10. The first-order valence-corrected chi connectivity index (χ1v) is 3.03. The molecule has 0 atom stereocenters. The van der Waals surface area contributed by atoms with Crippen LogP contribution < -0.4 is 5.84 Å². The molecule has 4 heteroatoms. The molecule has 48 valence electrons. The van der Waals surface area contributed by atoms with E-state index in [0.29, 0.717) is 0 Å². The Hall–Kier alpha value is 0.170. The Morgan fingerprint density at radius 1 is 1.12 bits per heavy atom. The van der Waals surface area contributed by atoms with Crippen LogP contribution in [0.25, 0.3) is 0 Å². The zero-order valence-electron chi connectivity index (χ0n) is 4.68. The van der Waals surface area contributed by atoms with Gasteiger partial charge in [0.1, 0.15) is 0 Å². The van der Waals surface area contributed by atoms with Gasteiger partial charge in [-0.1, -0.05) is 0 Å². The van der Waals surface area contributed by atoms with E-state index in [9.17, 15) is 0 Å². The second kappa shape index (κ2) is 2.64. The summed E-state index contributed by atoms with van der Waals surface area (Å²) in [6.07, 6.45) is 0. The van der Waals surface area contributed by atoms with E-state index in [1.54, 1.807) is 9.43 Å². The van der Waals surface area contributed by atoms with Crippen molar-refractivity contribution in [3.8, 4) is 0 Å². The lowest BCUT2D eigenvalue weighted by Gasteiger charge is -2.26. The van der Waals surface area contributed by atoms with E-state index >= 15 is 0 Å². The Morgan fingerprint density at radius 3 is 2.00 bits per heavy atom. The molecule has 1 aliphatic heterocycles. The van der Waals surface area contributed by atoms with Crippen molar-refractivity contribution in [1.29, 1.82) is 0 Å². The third-order valence-corrected chi connectivity index (χ3v) is 1.60. The van der Waals surface area contributed by atoms with Crippen LogP contribution >= 0.6 is 11.8 Å². The first-order chi connectivity index (χ1) is 3.79. The fourth-order valence-corrected chi connectivity index (χ4v) is 0.849. The third kappa shape index (κ3) is 1.59. The lowest BCUT2D eigenvalue weighted by Crippen LogP contribution is -2.46. The number of piperazine rings is 1. The van der Waals surface area contributed by atoms with Gasteiger partial charge in [0.15, 0.2) is 0 Å². The summed E-state index contributed by atoms with van der Waals surface area (Å²) in [6, 6.07) is 0. The lowest BCUT2D eigenvalue weighted by molar-refractivity contribution is 0.195. The van der Waals surface area contributed by atoms with Crippen LogP contribution in [0.15, 0.2) is 0 Å². The molecule has 0 radical (unpaired) electrons. The Balaban J connectivity index is 2.19. The zero-order chi connectivity index (χ0) is 5.98. The van der Waals surface area contributed by atoms with Gasteiger partial charge in [-0.3, -0.25) is 5.84 Å². The minimum Gasteiger partial charge on any atom is -0.269 e. The smallest absolute Gasteiger partial charge is 0.0281 e. The van der Waals surface area contributed by atoms with Gasteiger partial charge in [-0.25, -0.2) is 9.43 Å². The molecule has 2 N–H and O–H groups in total. The van der Waals surface area contributed by atoms with Crippen LogP contribution in [0.5, 0.6) is 0 Å². The second-order valence-electron chi connectivity index (χ2n) is 1.95. The average molecular weight is 136 g/mol. The summed E-state index contributed by atoms with van der Waals surface area (Å²) >= 11 is 5.63. The number of rotatable bonds is 0. The predicted octanol–water partition coefficient (Wildman–Crippen LogP) is -0.368. The van der Waals surface area contributed by atoms with Gasteiger partial charge in [-0.2, -0.15) is 0 Å². The van der Waals surface area contributed by atoms with Crippen molar-refractivity contribution in [2.24, 2.45) is 5.84 Å². The highest BCUT2D eigenvalue weighted by Crippen LogP contribution is 1.98. The SMILES string of the molecule is NN1CCN(Cl)CC1. The monoisotopic (exact) mass is 135 g/mol. The topological polar surface area (TPSA) is 32.5 Å². The fourth-order valence-electron chi connectivity index (χ4n) is 0.698. The highest BCUT2D eigenvalue weighted by atomic mass is 35.5. The fraction of sp³-hybridized carbons (Fsp3) is 1.00. The summed E-state index contributed by atoms with van der Waals surface area (Å²) in [7, 11) is 0. The average Bonchev–Trinajstić information content (AvgIpc) is 1.77. The van der Waals surface area contributed by atoms with Crippen molar-refractivity contribution in [1.82, 2.24) is 9.43 Å². The largest absolute Gasteiger partial charge is 0.269 e. The maximum absolute atomic E-state index is 5.63. The van der Waals surface area contributed by atoms with Crippen LogP contribution in [0.1, 0.15) is 0 Å². The van der Waals surface area contributed by atoms with Crippen molar-refractivity contribution in [2.45, 2.75) is 0 Å². The van der Waals surface area contributed by atoms with E-state index in [-0.39, 0.29) is 0 Å². The summed E-state index contributed by atoms with van der Waals surface area (Å²) in [5.74, 6) is 5.44. The first kappa shape index (κ1) is 6.29. The van der Waals surface area contributed by atoms with Gasteiger partial charge in [0.2, 0.25) is 0 Å². The van der Waals surface area contributed by atoms with Crippen LogP contribution in [0.3, 0.4) is 0 Å². The molecule has 8 heavy (non-hydrogen) atoms. The zero-order valence-corrected chi connectivity index (χ0v) is 5.43. The number of nitrogens with two attached hydrogens (primary N) is 1. The first-order valence-electron chi connectivity index (χ1n) is 2.69. The molecule has 0 bridgehead atoms. The molecule has 1 saturated heterocycles. The molecule has 0 aliphatic carbocycles. The Morgan fingerprint density at radius 2 is 1.62 bits per heavy atom. The van der Waals surface area contributed by atoms with Gasteiger partial charge in [0, 0.05) is 26.2 Å². The van der Waals surface area contributed by atoms with E-state index in [4.69, 9.17) is 17.6 Å². The molecule has 0 spiro atoms. The van der Waals surface area contributed by atoms with Crippen molar-refractivity contribution >= 4 is 11.8 Å². The molecule has 3 nitrogen and oxygen atoms in total. The molecule has 1 rings (SSSR count). The number of nitrogens with zero attached hydrogens (tertiary/aromatic N) is 2. The summed E-state index contributed by atoms with van der Waals surface area (Å²) in [5, 5.41) is 1.78. The molecular weight excluding hydrogens is 126 g/mol. The number of hydrogen-bond donors (Lipinski definition) is 1. The normalized spacial score (nSPS) is 26.2. The predicted molar refractivity (Wildman–Crippen MR) is 33.2 cm³/mol. The standard InChI is InChI=1S/C4H10ClN3/c5-7-1-3-8(6)4-2-7/h1-4,6H2. The lowest BCUT2D eigenvalue weighted by atomic mass is 10.4. The molecule has 1 heterocycles. The van der Waals surface area contributed by atoms with E-state index in [1.807, 2.05) is 0 Å². The molecule has 0 unspecified atom stereocenters. The van der Waals surface area contributed by atoms with E-state index in [0.717, 1.165) is 26.2 Å². The van der Waals surface area contributed by atoms with Gasteiger partial charge in [-0.05, 0) is 11.8 Å². The molecule has 1 fully saturated rings. The van der Waals surface area contributed by atoms with Gasteiger partial charge >= 0.3 is 0 Å². The molecule has 0 amide bonds. The van der Waals surface area contributed by atoms with Crippen LogP contribution in [0.4, 0.5) is 0 Å². The van der Waals surface area contributed by atoms with Crippen molar-refractivity contribution in [3.63, 3.8) is 0 Å². The van der Waals surface area contributed by atoms with Crippen LogP contribution in [0.2, 0.25) is 0 Å². The molecule has 0 aromatic rings. The van der Waals surface area contributed by atoms with Gasteiger partial charge in [-0.15, -0.1) is 0 Å². The van der Waals surface area contributed by atoms with Crippen molar-refractivity contribution < 1.29 is 0 Å². The molecule has 0 aromatic heterocycles. The number of hydrazine groups is 1. The van der Waals surface area contributed by atoms with Gasteiger partial charge in [0.05, 0.1) is 0 Å². The minimum absolute atomic E-state index is 0.873. The van der Waals surface area contributed by atoms with Crippen LogP contribution in [-0.4, -0.2) is 35.6 Å². The Labute approximate surface area is 54.1 Å². The van der Waals surface area contributed by atoms with Gasteiger partial charge < -0.3 is 0 Å². The highest BCUT2D eigenvalue weighted by molar-refractivity contribution is 6.13. The van der Waals surface area contributed by atoms with E-state index in [2.05, 4.69) is 0 Å². The summed E-state index contributed by atoms with van der Waals surface area (Å²) < 4.78 is 1.75. The number of halogens is 1. The third-order valence-electron chi connectivity index (χ3n) is 1.26. The quantitative estimate of drug-likeness (QED) is 0.364. The van der Waals surface area contributed by atoms with Crippen LogP contribution in [0, 0.1) is 0 Å². The summed E-state index contributed by atoms with van der Waals surface area (Å²) in [4.78, 5) is 0. The minimum atomic E-state index is 0.873. The maximum Gasteiger partial charge on any atom is 0.0281 e. The summed E-state index contributed by atoms with van der Waals surface area (Å²) in [6.45, 7) is 3.50. The molecule has 0 aromatic carbocycles. The molecule has 0 saturated carbocycles. The number of hydrogen-bond acceptors (Lipinski definition) is 3. The Kier molecular flexibility index (Phi) is 2.08. The van der Waals surface area contributed by atoms with Gasteiger partial charge in [0.25, 0.3) is 0 Å². The van der Waals surface area contributed by atoms with Crippen LogP contribution in [-0.2, 0) is 0 Å². The van der Waals surface area contributed by atoms with Crippen molar-refractivity contribution in [3.05, 3.63) is 0 Å². The summed E-state index contributed by atoms with van der Waals surface area (Å²) in [5.41, 5.74) is 0.